The Kier molecular flexibility index (Phi) is 3.22. The third-order valence-corrected chi connectivity index (χ3v) is 4.09. The van der Waals surface area contributed by atoms with Crippen molar-refractivity contribution in [3.63, 3.8) is 0 Å². The third-order valence-electron chi connectivity index (χ3n) is 3.87. The highest BCUT2D eigenvalue weighted by Crippen LogP contribution is 2.34. The Morgan fingerprint density at radius 3 is 3.06 bits per heavy atom. The first-order valence-electron chi connectivity index (χ1n) is 6.39. The predicted molar refractivity (Wildman–Crippen MR) is 69.6 cm³/mol. The first kappa shape index (κ1) is 11.9. The molecule has 2 aliphatic rings. The summed E-state index contributed by atoms with van der Waals surface area (Å²) >= 11 is 5.81. The highest BCUT2D eigenvalue weighted by atomic mass is 35.5. The van der Waals surface area contributed by atoms with Gasteiger partial charge in [0, 0.05) is 25.2 Å². The number of rotatable bonds is 1. The molecule has 5 heteroatoms. The highest BCUT2D eigenvalue weighted by molar-refractivity contribution is 6.29. The van der Waals surface area contributed by atoms with Crippen molar-refractivity contribution in [2.75, 3.05) is 19.6 Å². The number of hydrogen-bond donors (Lipinski definition) is 1. The molecule has 1 amide bonds. The van der Waals surface area contributed by atoms with Gasteiger partial charge in [-0.15, -0.1) is 0 Å². The van der Waals surface area contributed by atoms with Gasteiger partial charge in [0.1, 0.15) is 5.15 Å². The SMILES string of the molecule is O=C1NCCCN2CC[C@H](c3ccc(Cl)nc3)[C@H]12. The molecule has 2 aliphatic heterocycles. The summed E-state index contributed by atoms with van der Waals surface area (Å²) in [5.74, 6) is 0.401. The van der Waals surface area contributed by atoms with E-state index in [2.05, 4.69) is 15.2 Å². The maximum absolute atomic E-state index is 12.1. The van der Waals surface area contributed by atoms with Crippen molar-refractivity contribution in [3.05, 3.63) is 29.0 Å². The zero-order chi connectivity index (χ0) is 12.5. The van der Waals surface area contributed by atoms with E-state index in [0.717, 1.165) is 38.0 Å². The van der Waals surface area contributed by atoms with Gasteiger partial charge in [-0.2, -0.15) is 0 Å². The fraction of sp³-hybridized carbons (Fsp3) is 0.538. The Hall–Kier alpha value is -1.13. The van der Waals surface area contributed by atoms with Gasteiger partial charge in [-0.3, -0.25) is 9.69 Å². The molecule has 96 valence electrons. The van der Waals surface area contributed by atoms with Gasteiger partial charge < -0.3 is 5.32 Å². The number of pyridine rings is 1. The first-order valence-corrected chi connectivity index (χ1v) is 6.77. The third kappa shape index (κ3) is 2.10. The normalized spacial score (nSPS) is 28.6. The highest BCUT2D eigenvalue weighted by Gasteiger charge is 2.40. The second-order valence-electron chi connectivity index (χ2n) is 4.93. The molecule has 1 N–H and O–H groups in total. The lowest BCUT2D eigenvalue weighted by atomic mass is 9.92. The topological polar surface area (TPSA) is 45.2 Å². The van der Waals surface area contributed by atoms with Crippen LogP contribution < -0.4 is 5.32 Å². The minimum absolute atomic E-state index is 0.0320. The lowest BCUT2D eigenvalue weighted by Gasteiger charge is -2.24. The second-order valence-corrected chi connectivity index (χ2v) is 5.32. The monoisotopic (exact) mass is 265 g/mol. The molecule has 0 unspecified atom stereocenters. The fourth-order valence-corrected chi connectivity index (χ4v) is 3.12. The van der Waals surface area contributed by atoms with E-state index in [4.69, 9.17) is 11.6 Å². The molecule has 0 spiro atoms. The fourth-order valence-electron chi connectivity index (χ4n) is 3.01. The van der Waals surface area contributed by atoms with Gasteiger partial charge in [-0.25, -0.2) is 4.98 Å². The van der Waals surface area contributed by atoms with Crippen molar-refractivity contribution in [2.45, 2.75) is 24.8 Å². The van der Waals surface area contributed by atoms with Crippen molar-refractivity contribution in [1.29, 1.82) is 0 Å². The Labute approximate surface area is 111 Å². The van der Waals surface area contributed by atoms with Crippen LogP contribution in [0.1, 0.15) is 24.3 Å². The second kappa shape index (κ2) is 4.86. The molecule has 1 aromatic rings. The largest absolute Gasteiger partial charge is 0.355 e. The molecule has 2 saturated heterocycles. The molecule has 0 saturated carbocycles. The van der Waals surface area contributed by atoms with Crippen molar-refractivity contribution < 1.29 is 4.79 Å². The Bertz CT molecular complexity index is 448. The molecule has 0 aliphatic carbocycles. The van der Waals surface area contributed by atoms with E-state index < -0.39 is 0 Å². The maximum atomic E-state index is 12.1. The number of halogens is 1. The Balaban J connectivity index is 1.88. The minimum Gasteiger partial charge on any atom is -0.355 e. The van der Waals surface area contributed by atoms with Crippen LogP contribution in [0.5, 0.6) is 0 Å². The number of amides is 1. The number of fused-ring (bicyclic) bond motifs is 1. The molecular weight excluding hydrogens is 250 g/mol. The van der Waals surface area contributed by atoms with Gasteiger partial charge in [0.2, 0.25) is 5.91 Å². The average Bonchev–Trinajstić information content (AvgIpc) is 2.71. The summed E-state index contributed by atoms with van der Waals surface area (Å²) in [5, 5.41) is 3.50. The van der Waals surface area contributed by atoms with Crippen LogP contribution in [-0.4, -0.2) is 41.5 Å². The van der Waals surface area contributed by atoms with Crippen LogP contribution in [0.15, 0.2) is 18.3 Å². The van der Waals surface area contributed by atoms with Crippen LogP contribution in [0.2, 0.25) is 5.15 Å². The number of aromatic nitrogens is 1. The quantitative estimate of drug-likeness (QED) is 0.781. The van der Waals surface area contributed by atoms with Crippen LogP contribution in [0.4, 0.5) is 0 Å². The molecule has 2 fully saturated rings. The average molecular weight is 266 g/mol. The number of carbonyl (C=O) groups is 1. The van der Waals surface area contributed by atoms with Gasteiger partial charge in [0.25, 0.3) is 0 Å². The minimum atomic E-state index is -0.0320. The molecule has 3 heterocycles. The molecule has 0 bridgehead atoms. The maximum Gasteiger partial charge on any atom is 0.237 e. The number of nitrogens with one attached hydrogen (secondary N) is 1. The molecule has 3 rings (SSSR count). The van der Waals surface area contributed by atoms with Gasteiger partial charge in [-0.1, -0.05) is 17.7 Å². The van der Waals surface area contributed by atoms with Gasteiger partial charge >= 0.3 is 0 Å². The molecule has 18 heavy (non-hydrogen) atoms. The Morgan fingerprint density at radius 2 is 2.28 bits per heavy atom. The van der Waals surface area contributed by atoms with Gasteiger partial charge in [0.05, 0.1) is 6.04 Å². The zero-order valence-electron chi connectivity index (χ0n) is 10.1. The lowest BCUT2D eigenvalue weighted by Crippen LogP contribution is -2.42. The molecule has 0 radical (unpaired) electrons. The van der Waals surface area contributed by atoms with E-state index in [1.807, 2.05) is 6.07 Å². The summed E-state index contributed by atoms with van der Waals surface area (Å²) in [4.78, 5) is 18.6. The van der Waals surface area contributed by atoms with Crippen molar-refractivity contribution >= 4 is 17.5 Å². The van der Waals surface area contributed by atoms with Crippen molar-refractivity contribution in [2.24, 2.45) is 0 Å². The molecule has 2 atom stereocenters. The van der Waals surface area contributed by atoms with Gasteiger partial charge in [0.15, 0.2) is 0 Å². The van der Waals surface area contributed by atoms with E-state index in [0.29, 0.717) is 5.15 Å². The Morgan fingerprint density at radius 1 is 1.39 bits per heavy atom. The van der Waals surface area contributed by atoms with E-state index in [1.54, 1.807) is 12.3 Å². The molecule has 0 aromatic carbocycles. The molecular formula is C13H16ClN3O. The van der Waals surface area contributed by atoms with E-state index in [9.17, 15) is 4.79 Å². The van der Waals surface area contributed by atoms with Crippen LogP contribution in [0, 0.1) is 0 Å². The predicted octanol–water partition coefficient (Wildman–Crippen LogP) is 1.41. The summed E-state index contributed by atoms with van der Waals surface area (Å²) < 4.78 is 0. The van der Waals surface area contributed by atoms with E-state index in [-0.39, 0.29) is 17.9 Å². The van der Waals surface area contributed by atoms with Crippen LogP contribution in [-0.2, 0) is 4.79 Å². The molecule has 4 nitrogen and oxygen atoms in total. The lowest BCUT2D eigenvalue weighted by molar-refractivity contribution is -0.124. The smallest absolute Gasteiger partial charge is 0.237 e. The number of nitrogens with zero attached hydrogens (tertiary/aromatic N) is 2. The van der Waals surface area contributed by atoms with E-state index in [1.165, 1.54) is 0 Å². The first-order chi connectivity index (χ1) is 8.75. The molecule has 1 aromatic heterocycles. The van der Waals surface area contributed by atoms with Crippen LogP contribution in [0.25, 0.3) is 0 Å². The standard InChI is InChI=1S/C13H16ClN3O/c14-11-3-2-9(8-16-11)10-4-7-17-6-1-5-15-13(18)12(10)17/h2-3,8,10,12H,1,4-7H2,(H,15,18)/t10-,12-/m1/s1. The van der Waals surface area contributed by atoms with Crippen molar-refractivity contribution in [3.8, 4) is 0 Å². The summed E-state index contributed by atoms with van der Waals surface area (Å²) in [7, 11) is 0. The van der Waals surface area contributed by atoms with Crippen LogP contribution in [0.3, 0.4) is 0 Å². The summed E-state index contributed by atoms with van der Waals surface area (Å²) in [6.07, 6.45) is 3.85. The van der Waals surface area contributed by atoms with E-state index >= 15 is 0 Å². The number of carbonyl (C=O) groups excluding carboxylic acids is 1. The zero-order valence-corrected chi connectivity index (χ0v) is 10.9. The van der Waals surface area contributed by atoms with Crippen LogP contribution >= 0.6 is 11.6 Å². The van der Waals surface area contributed by atoms with Crippen molar-refractivity contribution in [1.82, 2.24) is 15.2 Å². The summed E-state index contributed by atoms with van der Waals surface area (Å²) in [5.41, 5.74) is 1.11. The summed E-state index contributed by atoms with van der Waals surface area (Å²) in [6.45, 7) is 2.78. The summed E-state index contributed by atoms with van der Waals surface area (Å²) in [6, 6.07) is 3.76. The van der Waals surface area contributed by atoms with Gasteiger partial charge in [-0.05, 0) is 31.0 Å². The number of hydrogen-bond acceptors (Lipinski definition) is 3.